The molecular weight excluding hydrogens is 190 g/mol. The summed E-state index contributed by atoms with van der Waals surface area (Å²) >= 11 is 0. The van der Waals surface area contributed by atoms with E-state index in [0.29, 0.717) is 0 Å². The molecule has 1 aromatic rings. The van der Waals surface area contributed by atoms with Crippen molar-refractivity contribution in [3.05, 3.63) is 35.9 Å². The second kappa shape index (κ2) is 3.35. The van der Waals surface area contributed by atoms with Crippen LogP contribution in [-0.2, 0) is 4.84 Å². The first-order valence-corrected chi connectivity index (χ1v) is 5.33. The van der Waals surface area contributed by atoms with Crippen molar-refractivity contribution in [2.45, 2.75) is 25.0 Å². The lowest BCUT2D eigenvalue weighted by Crippen LogP contribution is -2.26. The lowest BCUT2D eigenvalue weighted by Gasteiger charge is -2.11. The molecule has 3 heteroatoms. The zero-order valence-electron chi connectivity index (χ0n) is 8.34. The predicted octanol–water partition coefficient (Wildman–Crippen LogP) is 1.56. The van der Waals surface area contributed by atoms with Gasteiger partial charge in [-0.15, -0.1) is 0 Å². The Morgan fingerprint density at radius 3 is 2.80 bits per heavy atom. The maximum absolute atomic E-state index is 9.67. The second-order valence-electron chi connectivity index (χ2n) is 4.16. The van der Waals surface area contributed by atoms with Gasteiger partial charge in [-0.05, 0) is 18.4 Å². The molecule has 15 heavy (non-hydrogen) atoms. The molecule has 3 nitrogen and oxygen atoms in total. The number of benzene rings is 1. The summed E-state index contributed by atoms with van der Waals surface area (Å²) in [6, 6.07) is 10.1. The van der Waals surface area contributed by atoms with Crippen molar-refractivity contribution < 1.29 is 9.94 Å². The first-order valence-electron chi connectivity index (χ1n) is 5.33. The van der Waals surface area contributed by atoms with Crippen molar-refractivity contribution in [1.29, 1.82) is 0 Å². The van der Waals surface area contributed by atoms with Gasteiger partial charge in [0.1, 0.15) is 0 Å². The number of hydrogen-bond donors (Lipinski definition) is 1. The Bertz CT molecular complexity index is 388. The van der Waals surface area contributed by atoms with Crippen molar-refractivity contribution in [2.75, 3.05) is 0 Å². The highest BCUT2D eigenvalue weighted by molar-refractivity contribution is 6.03. The quantitative estimate of drug-likeness (QED) is 0.752. The molecule has 0 amide bonds. The van der Waals surface area contributed by atoms with Gasteiger partial charge in [0.2, 0.25) is 0 Å². The minimum Gasteiger partial charge on any atom is -0.389 e. The normalized spacial score (nSPS) is 33.4. The molecule has 1 heterocycles. The summed E-state index contributed by atoms with van der Waals surface area (Å²) < 4.78 is 0. The van der Waals surface area contributed by atoms with Crippen molar-refractivity contribution >= 4 is 5.71 Å². The lowest BCUT2D eigenvalue weighted by molar-refractivity contribution is -0.0102. The number of aliphatic hydroxyl groups is 1. The summed E-state index contributed by atoms with van der Waals surface area (Å²) in [6.07, 6.45) is 1.33. The van der Waals surface area contributed by atoms with Crippen molar-refractivity contribution in [1.82, 2.24) is 0 Å². The largest absolute Gasteiger partial charge is 0.389 e. The standard InChI is InChI=1S/C12H13NO2/c14-10-7-6-9-11(13-15-12(9)10)8-4-2-1-3-5-8/h1-5,9-10,12,14H,6-7H2/t9-,10-,12+/m1/s1. The van der Waals surface area contributed by atoms with Crippen LogP contribution in [0.15, 0.2) is 35.5 Å². The fourth-order valence-corrected chi connectivity index (χ4v) is 2.44. The Balaban J connectivity index is 1.90. The van der Waals surface area contributed by atoms with Crippen LogP contribution in [0.5, 0.6) is 0 Å². The highest BCUT2D eigenvalue weighted by Gasteiger charge is 2.44. The van der Waals surface area contributed by atoms with E-state index in [-0.39, 0.29) is 18.1 Å². The number of oxime groups is 1. The molecule has 3 rings (SSSR count). The Labute approximate surface area is 88.4 Å². The van der Waals surface area contributed by atoms with Gasteiger partial charge in [0.05, 0.1) is 11.8 Å². The SMILES string of the molecule is O[C@@H]1CC[C@@H]2C(c3ccccc3)=NO[C@H]12. The summed E-state index contributed by atoms with van der Waals surface area (Å²) in [6.45, 7) is 0. The first-order chi connectivity index (χ1) is 7.36. The molecule has 1 aromatic carbocycles. The van der Waals surface area contributed by atoms with Crippen LogP contribution >= 0.6 is 0 Å². The molecule has 0 aromatic heterocycles. The minimum absolute atomic E-state index is 0.111. The van der Waals surface area contributed by atoms with Crippen LogP contribution in [0.3, 0.4) is 0 Å². The van der Waals surface area contributed by atoms with Gasteiger partial charge in [0.15, 0.2) is 6.10 Å². The summed E-state index contributed by atoms with van der Waals surface area (Å²) in [4.78, 5) is 5.29. The molecule has 0 bridgehead atoms. The maximum Gasteiger partial charge on any atom is 0.161 e. The van der Waals surface area contributed by atoms with E-state index in [9.17, 15) is 5.11 Å². The predicted molar refractivity (Wildman–Crippen MR) is 56.6 cm³/mol. The molecule has 0 saturated heterocycles. The third-order valence-corrected chi connectivity index (χ3v) is 3.24. The van der Waals surface area contributed by atoms with Crippen LogP contribution in [0.4, 0.5) is 0 Å². The van der Waals surface area contributed by atoms with Crippen molar-refractivity contribution in [3.63, 3.8) is 0 Å². The molecule has 0 spiro atoms. The highest BCUT2D eigenvalue weighted by atomic mass is 16.7. The zero-order chi connectivity index (χ0) is 10.3. The van der Waals surface area contributed by atoms with Crippen molar-refractivity contribution in [2.24, 2.45) is 11.1 Å². The van der Waals surface area contributed by atoms with Gasteiger partial charge in [0, 0.05) is 5.92 Å². The van der Waals surface area contributed by atoms with Crippen LogP contribution in [0.2, 0.25) is 0 Å². The average Bonchev–Trinajstić information content (AvgIpc) is 2.83. The molecule has 1 saturated carbocycles. The number of hydrogen-bond acceptors (Lipinski definition) is 3. The van der Waals surface area contributed by atoms with E-state index in [4.69, 9.17) is 4.84 Å². The third-order valence-electron chi connectivity index (χ3n) is 3.24. The van der Waals surface area contributed by atoms with E-state index in [1.165, 1.54) is 0 Å². The van der Waals surface area contributed by atoms with Crippen LogP contribution < -0.4 is 0 Å². The lowest BCUT2D eigenvalue weighted by atomic mass is 9.94. The molecular formula is C12H13NO2. The average molecular weight is 203 g/mol. The molecule has 2 aliphatic rings. The van der Waals surface area contributed by atoms with Crippen LogP contribution in [-0.4, -0.2) is 23.0 Å². The summed E-state index contributed by atoms with van der Waals surface area (Å²) in [7, 11) is 0. The van der Waals surface area contributed by atoms with Crippen LogP contribution in [0, 0.1) is 5.92 Å². The fraction of sp³-hybridized carbons (Fsp3) is 0.417. The van der Waals surface area contributed by atoms with Gasteiger partial charge in [-0.2, -0.15) is 0 Å². The molecule has 1 fully saturated rings. The molecule has 3 atom stereocenters. The van der Waals surface area contributed by atoms with E-state index in [1.807, 2.05) is 30.3 Å². The highest BCUT2D eigenvalue weighted by Crippen LogP contribution is 2.36. The first kappa shape index (κ1) is 8.92. The summed E-state index contributed by atoms with van der Waals surface area (Å²) in [5, 5.41) is 13.8. The monoisotopic (exact) mass is 203 g/mol. The smallest absolute Gasteiger partial charge is 0.161 e. The molecule has 1 aliphatic carbocycles. The summed E-state index contributed by atoms with van der Waals surface area (Å²) in [5.41, 5.74) is 2.11. The third kappa shape index (κ3) is 1.35. The Kier molecular flexibility index (Phi) is 1.99. The Morgan fingerprint density at radius 2 is 2.00 bits per heavy atom. The number of fused-ring (bicyclic) bond motifs is 1. The van der Waals surface area contributed by atoms with E-state index < -0.39 is 0 Å². The molecule has 0 radical (unpaired) electrons. The minimum atomic E-state index is -0.347. The Morgan fingerprint density at radius 1 is 1.20 bits per heavy atom. The van der Waals surface area contributed by atoms with Gasteiger partial charge in [0.25, 0.3) is 0 Å². The van der Waals surface area contributed by atoms with Gasteiger partial charge in [-0.1, -0.05) is 35.5 Å². The van der Waals surface area contributed by atoms with E-state index in [2.05, 4.69) is 5.16 Å². The second-order valence-corrected chi connectivity index (χ2v) is 4.16. The zero-order valence-corrected chi connectivity index (χ0v) is 8.34. The number of nitrogens with zero attached hydrogens (tertiary/aromatic N) is 1. The van der Waals surface area contributed by atoms with E-state index in [0.717, 1.165) is 24.1 Å². The summed E-state index contributed by atoms with van der Waals surface area (Å²) in [5.74, 6) is 0.280. The molecule has 0 unspecified atom stereocenters. The van der Waals surface area contributed by atoms with E-state index >= 15 is 0 Å². The number of aliphatic hydroxyl groups excluding tert-OH is 1. The molecule has 1 N–H and O–H groups in total. The van der Waals surface area contributed by atoms with Crippen LogP contribution in [0.1, 0.15) is 18.4 Å². The van der Waals surface area contributed by atoms with Gasteiger partial charge < -0.3 is 9.94 Å². The van der Waals surface area contributed by atoms with Gasteiger partial charge in [-0.25, -0.2) is 0 Å². The molecule has 78 valence electrons. The van der Waals surface area contributed by atoms with Gasteiger partial charge in [-0.3, -0.25) is 0 Å². The molecule has 1 aliphatic heterocycles. The Hall–Kier alpha value is -1.35. The number of rotatable bonds is 1. The maximum atomic E-state index is 9.67. The van der Waals surface area contributed by atoms with Crippen LogP contribution in [0.25, 0.3) is 0 Å². The topological polar surface area (TPSA) is 41.8 Å². The van der Waals surface area contributed by atoms with Crippen molar-refractivity contribution in [3.8, 4) is 0 Å². The van der Waals surface area contributed by atoms with E-state index in [1.54, 1.807) is 0 Å². The van der Waals surface area contributed by atoms with Gasteiger partial charge >= 0.3 is 0 Å². The fourth-order valence-electron chi connectivity index (χ4n) is 2.44.